The Morgan fingerprint density at radius 1 is 1.17 bits per heavy atom. The van der Waals surface area contributed by atoms with Crippen molar-refractivity contribution in [3.05, 3.63) is 35.4 Å². The minimum absolute atomic E-state index is 0.0138. The summed E-state index contributed by atoms with van der Waals surface area (Å²) >= 11 is 0. The molecular formula is C15H16O3. The maximum Gasteiger partial charge on any atom is 0.140 e. The monoisotopic (exact) mass is 244 g/mol. The van der Waals surface area contributed by atoms with Gasteiger partial charge < -0.3 is 4.74 Å². The smallest absolute Gasteiger partial charge is 0.140 e. The molecule has 2 aliphatic rings. The lowest BCUT2D eigenvalue weighted by Gasteiger charge is -2.26. The minimum Gasteiger partial charge on any atom is -0.365 e. The van der Waals surface area contributed by atoms with E-state index in [9.17, 15) is 9.59 Å². The molecule has 0 saturated carbocycles. The maximum atomic E-state index is 11.7. The first-order valence-corrected chi connectivity index (χ1v) is 6.34. The van der Waals surface area contributed by atoms with Crippen LogP contribution in [0.1, 0.15) is 43.6 Å². The number of fused-ring (bicyclic) bond motifs is 5. The summed E-state index contributed by atoms with van der Waals surface area (Å²) in [6, 6.07) is 8.11. The lowest BCUT2D eigenvalue weighted by atomic mass is 9.74. The van der Waals surface area contributed by atoms with Crippen molar-refractivity contribution in [2.24, 2.45) is 11.8 Å². The number of hydrogen-bond acceptors (Lipinski definition) is 3. The van der Waals surface area contributed by atoms with E-state index in [1.165, 1.54) is 19.4 Å². The van der Waals surface area contributed by atoms with Crippen molar-refractivity contribution in [3.8, 4) is 0 Å². The molecule has 0 amide bonds. The van der Waals surface area contributed by atoms with Crippen molar-refractivity contribution in [3.63, 3.8) is 0 Å². The van der Waals surface area contributed by atoms with E-state index in [-0.39, 0.29) is 29.7 Å². The Balaban J connectivity index is 1.96. The molecule has 1 saturated heterocycles. The molecule has 0 unspecified atom stereocenters. The van der Waals surface area contributed by atoms with Crippen LogP contribution < -0.4 is 0 Å². The molecule has 3 nitrogen and oxygen atoms in total. The fraction of sp³-hybridized carbons (Fsp3) is 0.467. The van der Waals surface area contributed by atoms with Gasteiger partial charge in [0.05, 0.1) is 18.1 Å². The third-order valence-electron chi connectivity index (χ3n) is 4.14. The Hall–Kier alpha value is -1.48. The fourth-order valence-corrected chi connectivity index (χ4v) is 3.47. The van der Waals surface area contributed by atoms with Gasteiger partial charge in [-0.1, -0.05) is 24.3 Å². The Kier molecular flexibility index (Phi) is 2.59. The molecule has 1 aromatic carbocycles. The zero-order chi connectivity index (χ0) is 12.9. The SMILES string of the molecule is CC(=O)C(C(C)=O)[C@H]1C[C@H]2O[C@@H]1c1ccccc12. The molecule has 3 atom stereocenters. The van der Waals surface area contributed by atoms with E-state index in [1.54, 1.807) is 0 Å². The second-order valence-electron chi connectivity index (χ2n) is 5.27. The van der Waals surface area contributed by atoms with Crippen LogP contribution in [0.4, 0.5) is 0 Å². The Morgan fingerprint density at radius 2 is 1.78 bits per heavy atom. The van der Waals surface area contributed by atoms with E-state index >= 15 is 0 Å². The zero-order valence-corrected chi connectivity index (χ0v) is 10.6. The van der Waals surface area contributed by atoms with Crippen molar-refractivity contribution < 1.29 is 14.3 Å². The molecule has 1 aromatic rings. The zero-order valence-electron chi connectivity index (χ0n) is 10.6. The third-order valence-corrected chi connectivity index (χ3v) is 4.14. The molecule has 0 N–H and O–H groups in total. The first-order chi connectivity index (χ1) is 8.59. The molecule has 94 valence electrons. The number of Topliss-reactive ketones (excluding diaryl/α,β-unsaturated/α-hetero) is 2. The Bertz CT molecular complexity index is 506. The fourth-order valence-electron chi connectivity index (χ4n) is 3.47. The maximum absolute atomic E-state index is 11.7. The Labute approximate surface area is 106 Å². The topological polar surface area (TPSA) is 43.4 Å². The van der Waals surface area contributed by atoms with Crippen LogP contribution in [0.25, 0.3) is 0 Å². The standard InChI is InChI=1S/C15H16O3/c1-8(16)14(9(2)17)12-7-13-10-5-3-4-6-11(10)15(12)18-13/h3-6,12-15H,7H2,1-2H3/t12-,13-,15-/m1/s1. The van der Waals surface area contributed by atoms with Gasteiger partial charge in [-0.15, -0.1) is 0 Å². The van der Waals surface area contributed by atoms with Crippen molar-refractivity contribution >= 4 is 11.6 Å². The summed E-state index contributed by atoms with van der Waals surface area (Å²) in [6.45, 7) is 3.01. The highest BCUT2D eigenvalue weighted by Crippen LogP contribution is 2.56. The number of ether oxygens (including phenoxy) is 1. The summed E-state index contributed by atoms with van der Waals surface area (Å²) in [5, 5.41) is 0. The molecule has 18 heavy (non-hydrogen) atoms. The van der Waals surface area contributed by atoms with Gasteiger partial charge in [0.1, 0.15) is 11.6 Å². The number of carbonyl (C=O) groups excluding carboxylic acids is 2. The van der Waals surface area contributed by atoms with Gasteiger partial charge in [0.15, 0.2) is 0 Å². The average molecular weight is 244 g/mol. The number of benzene rings is 1. The van der Waals surface area contributed by atoms with Crippen molar-refractivity contribution in [1.82, 2.24) is 0 Å². The summed E-state index contributed by atoms with van der Waals surface area (Å²) < 4.78 is 5.93. The molecule has 0 radical (unpaired) electrons. The summed E-state index contributed by atoms with van der Waals surface area (Å²) in [6.07, 6.45) is 0.771. The van der Waals surface area contributed by atoms with Crippen molar-refractivity contribution in [2.75, 3.05) is 0 Å². The van der Waals surface area contributed by atoms with E-state index in [0.29, 0.717) is 0 Å². The number of ketones is 2. The summed E-state index contributed by atoms with van der Waals surface area (Å²) in [5.74, 6) is -0.574. The van der Waals surface area contributed by atoms with Crippen LogP contribution in [0, 0.1) is 11.8 Å². The molecule has 0 aliphatic carbocycles. The molecule has 2 aliphatic heterocycles. The minimum atomic E-state index is -0.506. The van der Waals surface area contributed by atoms with E-state index in [2.05, 4.69) is 6.07 Å². The predicted molar refractivity (Wildman–Crippen MR) is 66.0 cm³/mol. The van der Waals surface area contributed by atoms with Gasteiger partial charge in [-0.2, -0.15) is 0 Å². The van der Waals surface area contributed by atoms with Crippen LogP contribution in [0.5, 0.6) is 0 Å². The van der Waals surface area contributed by atoms with Crippen LogP contribution in [0.3, 0.4) is 0 Å². The second kappa shape index (κ2) is 4.02. The first-order valence-electron chi connectivity index (χ1n) is 6.34. The van der Waals surface area contributed by atoms with Crippen LogP contribution in [0.2, 0.25) is 0 Å². The van der Waals surface area contributed by atoms with Gasteiger partial charge in [-0.25, -0.2) is 0 Å². The lowest BCUT2D eigenvalue weighted by molar-refractivity contribution is -0.133. The highest BCUT2D eigenvalue weighted by atomic mass is 16.5. The molecular weight excluding hydrogens is 228 g/mol. The van der Waals surface area contributed by atoms with Gasteiger partial charge in [-0.3, -0.25) is 9.59 Å². The molecule has 3 heteroatoms. The van der Waals surface area contributed by atoms with Crippen LogP contribution in [-0.4, -0.2) is 11.6 Å². The molecule has 3 rings (SSSR count). The van der Waals surface area contributed by atoms with Gasteiger partial charge >= 0.3 is 0 Å². The third kappa shape index (κ3) is 1.54. The van der Waals surface area contributed by atoms with Gasteiger partial charge in [0.25, 0.3) is 0 Å². The van der Waals surface area contributed by atoms with E-state index in [1.807, 2.05) is 18.2 Å². The van der Waals surface area contributed by atoms with Crippen molar-refractivity contribution in [2.45, 2.75) is 32.5 Å². The van der Waals surface area contributed by atoms with Crippen LogP contribution in [-0.2, 0) is 14.3 Å². The second-order valence-corrected chi connectivity index (χ2v) is 5.27. The normalized spacial score (nSPS) is 28.5. The predicted octanol–water partition coefficient (Wildman–Crippen LogP) is 2.61. The lowest BCUT2D eigenvalue weighted by Crippen LogP contribution is -2.31. The summed E-state index contributed by atoms with van der Waals surface area (Å²) in [4.78, 5) is 23.4. The van der Waals surface area contributed by atoms with E-state index < -0.39 is 5.92 Å². The summed E-state index contributed by atoms with van der Waals surface area (Å²) in [5.41, 5.74) is 2.39. The van der Waals surface area contributed by atoms with Gasteiger partial charge in [0, 0.05) is 5.92 Å². The summed E-state index contributed by atoms with van der Waals surface area (Å²) in [7, 11) is 0. The van der Waals surface area contributed by atoms with E-state index in [0.717, 1.165) is 12.0 Å². The number of rotatable bonds is 3. The van der Waals surface area contributed by atoms with Crippen molar-refractivity contribution in [1.29, 1.82) is 0 Å². The largest absolute Gasteiger partial charge is 0.365 e. The molecule has 0 aromatic heterocycles. The number of carbonyl (C=O) groups is 2. The highest BCUT2D eigenvalue weighted by molar-refractivity contribution is 6.00. The Morgan fingerprint density at radius 3 is 2.39 bits per heavy atom. The van der Waals surface area contributed by atoms with Crippen LogP contribution >= 0.6 is 0 Å². The van der Waals surface area contributed by atoms with Gasteiger partial charge in [-0.05, 0) is 31.4 Å². The molecule has 2 heterocycles. The molecule has 0 spiro atoms. The van der Waals surface area contributed by atoms with Gasteiger partial charge in [0.2, 0.25) is 0 Å². The molecule has 2 bridgehead atoms. The average Bonchev–Trinajstić information content (AvgIpc) is 2.87. The highest BCUT2D eigenvalue weighted by Gasteiger charge is 2.49. The number of hydrogen-bond donors (Lipinski definition) is 0. The van der Waals surface area contributed by atoms with Crippen LogP contribution in [0.15, 0.2) is 24.3 Å². The van der Waals surface area contributed by atoms with E-state index in [4.69, 9.17) is 4.74 Å². The first kappa shape index (κ1) is 11.6. The quantitative estimate of drug-likeness (QED) is 0.768. The molecule has 1 fully saturated rings.